The zero-order chi connectivity index (χ0) is 22.5. The van der Waals surface area contributed by atoms with E-state index in [4.69, 9.17) is 13.9 Å². The molecule has 0 aliphatic rings. The largest absolute Gasteiger partial charge is 0.497 e. The highest BCUT2D eigenvalue weighted by atomic mass is 16.5. The van der Waals surface area contributed by atoms with Crippen molar-refractivity contribution >= 4 is 34.2 Å². The van der Waals surface area contributed by atoms with Crippen LogP contribution in [0.15, 0.2) is 77.2 Å². The van der Waals surface area contributed by atoms with Gasteiger partial charge in [-0.2, -0.15) is 0 Å². The van der Waals surface area contributed by atoms with E-state index in [1.165, 1.54) is 0 Å². The maximum atomic E-state index is 13.0. The number of methoxy groups -OCH3 is 1. The number of furan rings is 1. The van der Waals surface area contributed by atoms with Crippen molar-refractivity contribution < 1.29 is 23.5 Å². The molecule has 1 aromatic heterocycles. The number of benzene rings is 3. The molecule has 3 aromatic carbocycles. The summed E-state index contributed by atoms with van der Waals surface area (Å²) >= 11 is 0. The van der Waals surface area contributed by atoms with Crippen LogP contribution in [-0.2, 0) is 4.79 Å². The topological polar surface area (TPSA) is 89.8 Å². The molecule has 0 aliphatic heterocycles. The van der Waals surface area contributed by atoms with Gasteiger partial charge in [-0.25, -0.2) is 0 Å². The number of ether oxygens (including phenoxy) is 2. The van der Waals surface area contributed by atoms with Crippen LogP contribution >= 0.6 is 0 Å². The standard InChI is InChI=1S/C25H22N2O5/c1-16-10-12-18(13-11-16)31-15-22(28)27-23-20-8-3-4-9-21(20)32-24(23)25(29)26-17-6-5-7-19(14-17)30-2/h3-14H,15H2,1-2H3,(H,26,29)(H,27,28). The summed E-state index contributed by atoms with van der Waals surface area (Å²) < 4.78 is 16.5. The number of rotatable bonds is 7. The van der Waals surface area contributed by atoms with Gasteiger partial charge in [-0.1, -0.05) is 35.9 Å². The van der Waals surface area contributed by atoms with Crippen molar-refractivity contribution in [3.63, 3.8) is 0 Å². The molecule has 0 bridgehead atoms. The molecule has 7 heteroatoms. The second kappa shape index (κ2) is 9.26. The van der Waals surface area contributed by atoms with Gasteiger partial charge in [0, 0.05) is 17.1 Å². The Labute approximate surface area is 184 Å². The second-order valence-electron chi connectivity index (χ2n) is 7.14. The van der Waals surface area contributed by atoms with Crippen LogP contribution in [0.2, 0.25) is 0 Å². The highest BCUT2D eigenvalue weighted by Crippen LogP contribution is 2.31. The quantitative estimate of drug-likeness (QED) is 0.430. The van der Waals surface area contributed by atoms with Gasteiger partial charge in [-0.15, -0.1) is 0 Å². The lowest BCUT2D eigenvalue weighted by Crippen LogP contribution is -2.22. The van der Waals surface area contributed by atoms with Crippen LogP contribution < -0.4 is 20.1 Å². The molecule has 162 valence electrons. The molecule has 32 heavy (non-hydrogen) atoms. The average Bonchev–Trinajstić information content (AvgIpc) is 3.17. The van der Waals surface area contributed by atoms with Gasteiger partial charge in [-0.05, 0) is 43.3 Å². The van der Waals surface area contributed by atoms with Gasteiger partial charge in [0.05, 0.1) is 7.11 Å². The number of hydrogen-bond donors (Lipinski definition) is 2. The van der Waals surface area contributed by atoms with E-state index in [2.05, 4.69) is 10.6 Å². The highest BCUT2D eigenvalue weighted by molar-refractivity contribution is 6.14. The highest BCUT2D eigenvalue weighted by Gasteiger charge is 2.22. The van der Waals surface area contributed by atoms with Crippen molar-refractivity contribution in [2.45, 2.75) is 6.92 Å². The minimum Gasteiger partial charge on any atom is -0.497 e. The van der Waals surface area contributed by atoms with Gasteiger partial charge in [0.1, 0.15) is 22.8 Å². The predicted octanol–water partition coefficient (Wildman–Crippen LogP) is 5.02. The molecule has 4 aromatic rings. The van der Waals surface area contributed by atoms with Crippen molar-refractivity contribution in [3.8, 4) is 11.5 Å². The van der Waals surface area contributed by atoms with Gasteiger partial charge in [0.2, 0.25) is 5.76 Å². The maximum Gasteiger partial charge on any atom is 0.293 e. The molecule has 0 unspecified atom stereocenters. The fourth-order valence-corrected chi connectivity index (χ4v) is 3.18. The molecule has 0 radical (unpaired) electrons. The monoisotopic (exact) mass is 430 g/mol. The van der Waals surface area contributed by atoms with E-state index in [0.717, 1.165) is 5.56 Å². The fraction of sp³-hybridized carbons (Fsp3) is 0.120. The molecule has 0 atom stereocenters. The lowest BCUT2D eigenvalue weighted by molar-refractivity contribution is -0.118. The summed E-state index contributed by atoms with van der Waals surface area (Å²) in [5.74, 6) is 0.280. The Kier molecular flexibility index (Phi) is 6.07. The minimum atomic E-state index is -0.496. The van der Waals surface area contributed by atoms with E-state index < -0.39 is 11.8 Å². The smallest absolute Gasteiger partial charge is 0.293 e. The van der Waals surface area contributed by atoms with Crippen LogP contribution in [0, 0.1) is 6.92 Å². The first-order valence-electron chi connectivity index (χ1n) is 10.00. The fourth-order valence-electron chi connectivity index (χ4n) is 3.18. The Morgan fingerprint density at radius 1 is 0.906 bits per heavy atom. The number of aryl methyl sites for hydroxylation is 1. The van der Waals surface area contributed by atoms with E-state index in [1.54, 1.807) is 67.8 Å². The van der Waals surface area contributed by atoms with Crippen LogP contribution in [0.4, 0.5) is 11.4 Å². The molecule has 7 nitrogen and oxygen atoms in total. The first-order valence-corrected chi connectivity index (χ1v) is 10.00. The van der Waals surface area contributed by atoms with Gasteiger partial charge >= 0.3 is 0 Å². The summed E-state index contributed by atoms with van der Waals surface area (Å²) in [6.07, 6.45) is 0. The molecule has 2 N–H and O–H groups in total. The molecule has 0 spiro atoms. The molecule has 1 heterocycles. The van der Waals surface area contributed by atoms with Gasteiger partial charge in [0.25, 0.3) is 11.8 Å². The van der Waals surface area contributed by atoms with Crippen molar-refractivity contribution in [1.82, 2.24) is 0 Å². The number of amides is 2. The molecule has 0 saturated heterocycles. The molecular weight excluding hydrogens is 408 g/mol. The first-order chi connectivity index (χ1) is 15.5. The van der Waals surface area contributed by atoms with Gasteiger partial charge in [-0.3, -0.25) is 9.59 Å². The van der Waals surface area contributed by atoms with E-state index in [0.29, 0.717) is 33.8 Å². The molecule has 4 rings (SSSR count). The van der Waals surface area contributed by atoms with Crippen LogP contribution in [0.3, 0.4) is 0 Å². The Bertz CT molecular complexity index is 1260. The SMILES string of the molecule is COc1cccc(NC(=O)c2oc3ccccc3c2NC(=O)COc2ccc(C)cc2)c1. The molecule has 0 saturated carbocycles. The van der Waals surface area contributed by atoms with Crippen molar-refractivity contribution in [2.24, 2.45) is 0 Å². The second-order valence-corrected chi connectivity index (χ2v) is 7.14. The van der Waals surface area contributed by atoms with Crippen molar-refractivity contribution in [3.05, 3.63) is 84.1 Å². The van der Waals surface area contributed by atoms with Crippen LogP contribution in [0.5, 0.6) is 11.5 Å². The normalized spacial score (nSPS) is 10.6. The lowest BCUT2D eigenvalue weighted by Gasteiger charge is -2.09. The van der Waals surface area contributed by atoms with E-state index in [1.807, 2.05) is 19.1 Å². The van der Waals surface area contributed by atoms with Crippen molar-refractivity contribution in [2.75, 3.05) is 24.4 Å². The zero-order valence-electron chi connectivity index (χ0n) is 17.7. The van der Waals surface area contributed by atoms with Gasteiger partial charge in [0.15, 0.2) is 6.61 Å². The molecular formula is C25H22N2O5. The Balaban J connectivity index is 1.54. The number of hydrogen-bond acceptors (Lipinski definition) is 5. The van der Waals surface area contributed by atoms with E-state index in [-0.39, 0.29) is 12.4 Å². The third kappa shape index (κ3) is 4.73. The molecule has 2 amide bonds. The maximum absolute atomic E-state index is 13.0. The third-order valence-corrected chi connectivity index (χ3v) is 4.78. The lowest BCUT2D eigenvalue weighted by atomic mass is 10.2. The zero-order valence-corrected chi connectivity index (χ0v) is 17.7. The number of carbonyl (C=O) groups is 2. The van der Waals surface area contributed by atoms with Crippen LogP contribution in [-0.4, -0.2) is 25.5 Å². The summed E-state index contributed by atoms with van der Waals surface area (Å²) in [4.78, 5) is 25.6. The van der Waals surface area contributed by atoms with Gasteiger partial charge < -0.3 is 24.5 Å². The van der Waals surface area contributed by atoms with Crippen LogP contribution in [0.25, 0.3) is 11.0 Å². The predicted molar refractivity (Wildman–Crippen MR) is 122 cm³/mol. The summed E-state index contributed by atoms with van der Waals surface area (Å²) in [6.45, 7) is 1.76. The third-order valence-electron chi connectivity index (χ3n) is 4.78. The summed E-state index contributed by atoms with van der Waals surface area (Å²) in [6, 6.07) is 21.5. The van der Waals surface area contributed by atoms with E-state index in [9.17, 15) is 9.59 Å². The van der Waals surface area contributed by atoms with E-state index >= 15 is 0 Å². The summed E-state index contributed by atoms with van der Waals surface area (Å²) in [5, 5.41) is 6.15. The molecule has 0 fully saturated rings. The number of carbonyl (C=O) groups excluding carboxylic acids is 2. The number of para-hydroxylation sites is 1. The van der Waals surface area contributed by atoms with Crippen LogP contribution in [0.1, 0.15) is 16.1 Å². The molecule has 0 aliphatic carbocycles. The summed E-state index contributed by atoms with van der Waals surface area (Å²) in [7, 11) is 1.55. The Hall–Kier alpha value is -4.26. The summed E-state index contributed by atoms with van der Waals surface area (Å²) in [5.41, 5.74) is 2.41. The minimum absolute atomic E-state index is 0.00212. The van der Waals surface area contributed by atoms with Crippen molar-refractivity contribution in [1.29, 1.82) is 0 Å². The number of nitrogens with one attached hydrogen (secondary N) is 2. The number of fused-ring (bicyclic) bond motifs is 1. The first kappa shape index (κ1) is 21.0. The number of anilines is 2. The average molecular weight is 430 g/mol. The Morgan fingerprint density at radius 3 is 2.47 bits per heavy atom. The Morgan fingerprint density at radius 2 is 1.69 bits per heavy atom.